The van der Waals surface area contributed by atoms with Gasteiger partial charge < -0.3 is 15.4 Å². The van der Waals surface area contributed by atoms with E-state index in [9.17, 15) is 0 Å². The maximum Gasteiger partial charge on any atom is 0.192 e. The quantitative estimate of drug-likeness (QED) is 0.897. The minimum Gasteiger partial charge on any atom is -0.496 e. The minimum atomic E-state index is 0.154. The number of aliphatic imine (C=N–C) groups is 1. The standard InChI is InChI=1S/C22H31N3O/c1-13-6-17(4-5-18(13)26-3)19-20(25(2)21(23)24-19)22-10-14-7-15(11-22)9-16(8-14)12-22/h4-6,14-16,19-20H,7-12H2,1-3H3,(H2,23,24)/t14?,15?,16?,19-,20?,22?/m0/s1. The van der Waals surface area contributed by atoms with Gasteiger partial charge in [-0.1, -0.05) is 12.1 Å². The molecule has 4 bridgehead atoms. The van der Waals surface area contributed by atoms with Crippen molar-refractivity contribution in [2.75, 3.05) is 14.2 Å². The van der Waals surface area contributed by atoms with Crippen molar-refractivity contribution in [1.82, 2.24) is 4.90 Å². The van der Waals surface area contributed by atoms with Crippen LogP contribution >= 0.6 is 0 Å². The first-order chi connectivity index (χ1) is 12.5. The van der Waals surface area contributed by atoms with Crippen molar-refractivity contribution in [1.29, 1.82) is 0 Å². The minimum absolute atomic E-state index is 0.154. The number of methoxy groups -OCH3 is 1. The lowest BCUT2D eigenvalue weighted by Crippen LogP contribution is -2.57. The van der Waals surface area contributed by atoms with Crippen LogP contribution in [-0.2, 0) is 0 Å². The first kappa shape index (κ1) is 16.5. The Hall–Kier alpha value is -1.71. The molecule has 26 heavy (non-hydrogen) atoms. The summed E-state index contributed by atoms with van der Waals surface area (Å²) < 4.78 is 5.46. The van der Waals surface area contributed by atoms with Gasteiger partial charge >= 0.3 is 0 Å². The maximum atomic E-state index is 6.36. The molecule has 4 aliphatic carbocycles. The third-order valence-electron chi connectivity index (χ3n) is 7.82. The predicted octanol–water partition coefficient (Wildman–Crippen LogP) is 3.89. The molecule has 2 N–H and O–H groups in total. The van der Waals surface area contributed by atoms with E-state index in [-0.39, 0.29) is 6.04 Å². The molecule has 1 aromatic carbocycles. The van der Waals surface area contributed by atoms with E-state index < -0.39 is 0 Å². The molecule has 1 aromatic rings. The molecule has 2 atom stereocenters. The van der Waals surface area contributed by atoms with Crippen molar-refractivity contribution in [2.24, 2.45) is 33.9 Å². The number of hydrogen-bond acceptors (Lipinski definition) is 4. The van der Waals surface area contributed by atoms with Gasteiger partial charge in [0.05, 0.1) is 19.2 Å². The van der Waals surface area contributed by atoms with Gasteiger partial charge in [-0.15, -0.1) is 0 Å². The zero-order valence-electron chi connectivity index (χ0n) is 16.2. The van der Waals surface area contributed by atoms with Crippen LogP contribution in [0.2, 0.25) is 0 Å². The summed E-state index contributed by atoms with van der Waals surface area (Å²) in [6.07, 6.45) is 8.54. The van der Waals surface area contributed by atoms with E-state index >= 15 is 0 Å². The highest BCUT2D eigenvalue weighted by Crippen LogP contribution is 2.64. The Bertz CT molecular complexity index is 720. The highest BCUT2D eigenvalue weighted by Gasteiger charge is 2.58. The number of likely N-dealkylation sites (N-methyl/N-ethyl adjacent to an activating group) is 1. The monoisotopic (exact) mass is 353 g/mol. The van der Waals surface area contributed by atoms with Gasteiger partial charge in [-0.3, -0.25) is 0 Å². The molecule has 0 spiro atoms. The summed E-state index contributed by atoms with van der Waals surface area (Å²) in [5, 5.41) is 0. The lowest BCUT2D eigenvalue weighted by atomic mass is 9.47. The Morgan fingerprint density at radius 1 is 1.12 bits per heavy atom. The van der Waals surface area contributed by atoms with E-state index in [4.69, 9.17) is 15.5 Å². The summed E-state index contributed by atoms with van der Waals surface area (Å²) in [6.45, 7) is 2.12. The Morgan fingerprint density at radius 2 is 1.73 bits per heavy atom. The average Bonchev–Trinajstić information content (AvgIpc) is 2.89. The lowest BCUT2D eigenvalue weighted by molar-refractivity contribution is -0.0891. The molecule has 4 nitrogen and oxygen atoms in total. The molecular formula is C22H31N3O. The zero-order chi connectivity index (χ0) is 18.1. The van der Waals surface area contributed by atoms with Gasteiger partial charge in [0.1, 0.15) is 5.75 Å². The summed E-state index contributed by atoms with van der Waals surface area (Å²) in [6, 6.07) is 7.10. The third-order valence-corrected chi connectivity index (χ3v) is 7.82. The summed E-state index contributed by atoms with van der Waals surface area (Å²) >= 11 is 0. The fourth-order valence-corrected chi connectivity index (χ4v) is 7.29. The van der Waals surface area contributed by atoms with Gasteiger partial charge in [-0.25, -0.2) is 4.99 Å². The van der Waals surface area contributed by atoms with Crippen molar-refractivity contribution in [2.45, 2.75) is 57.5 Å². The van der Waals surface area contributed by atoms with Crippen molar-refractivity contribution in [3.8, 4) is 5.75 Å². The van der Waals surface area contributed by atoms with Crippen LogP contribution in [0.1, 0.15) is 55.7 Å². The summed E-state index contributed by atoms with van der Waals surface area (Å²) in [4.78, 5) is 7.26. The fraction of sp³-hybridized carbons (Fsp3) is 0.682. The molecule has 140 valence electrons. The molecule has 1 unspecified atom stereocenters. The molecule has 5 aliphatic rings. The third kappa shape index (κ3) is 2.30. The number of ether oxygens (including phenoxy) is 1. The normalized spacial score (nSPS) is 40.8. The van der Waals surface area contributed by atoms with E-state index in [0.29, 0.717) is 17.4 Å². The van der Waals surface area contributed by atoms with Gasteiger partial charge in [0.25, 0.3) is 0 Å². The first-order valence-corrected chi connectivity index (χ1v) is 10.2. The van der Waals surface area contributed by atoms with E-state index in [0.717, 1.165) is 23.5 Å². The van der Waals surface area contributed by atoms with Crippen molar-refractivity contribution >= 4 is 5.96 Å². The zero-order valence-corrected chi connectivity index (χ0v) is 16.2. The summed E-state index contributed by atoms with van der Waals surface area (Å²) in [5.74, 6) is 4.48. The van der Waals surface area contributed by atoms with Gasteiger partial charge in [0.2, 0.25) is 0 Å². The van der Waals surface area contributed by atoms with Crippen LogP contribution < -0.4 is 10.5 Å². The lowest BCUT2D eigenvalue weighted by Gasteiger charge is -2.60. The molecule has 1 aliphatic heterocycles. The van der Waals surface area contributed by atoms with Crippen LogP contribution in [0.4, 0.5) is 0 Å². The van der Waals surface area contributed by atoms with Crippen LogP contribution in [0.5, 0.6) is 5.75 Å². The number of benzene rings is 1. The fourth-order valence-electron chi connectivity index (χ4n) is 7.29. The van der Waals surface area contributed by atoms with Crippen molar-refractivity contribution in [3.05, 3.63) is 29.3 Å². The molecule has 1 heterocycles. The molecule has 0 amide bonds. The number of aryl methyl sites for hydroxylation is 1. The molecule has 0 aromatic heterocycles. The van der Waals surface area contributed by atoms with Crippen LogP contribution in [0.3, 0.4) is 0 Å². The second-order valence-electron chi connectivity index (χ2n) is 9.50. The number of hydrogen-bond donors (Lipinski definition) is 1. The average molecular weight is 354 g/mol. The predicted molar refractivity (Wildman–Crippen MR) is 104 cm³/mol. The number of rotatable bonds is 3. The Balaban J connectivity index is 1.54. The van der Waals surface area contributed by atoms with Gasteiger partial charge in [0, 0.05) is 7.05 Å². The Kier molecular flexibility index (Phi) is 3.57. The highest BCUT2D eigenvalue weighted by atomic mass is 16.5. The molecule has 0 radical (unpaired) electrons. The topological polar surface area (TPSA) is 50.9 Å². The molecular weight excluding hydrogens is 322 g/mol. The van der Waals surface area contributed by atoms with E-state index in [1.54, 1.807) is 7.11 Å². The number of nitrogens with two attached hydrogens (primary N) is 1. The molecule has 6 rings (SSSR count). The van der Waals surface area contributed by atoms with E-state index in [1.807, 2.05) is 0 Å². The van der Waals surface area contributed by atoms with Crippen LogP contribution in [0, 0.1) is 30.1 Å². The van der Waals surface area contributed by atoms with Crippen molar-refractivity contribution in [3.63, 3.8) is 0 Å². The molecule has 4 heteroatoms. The van der Waals surface area contributed by atoms with Gasteiger partial charge in [0.15, 0.2) is 5.96 Å². The largest absolute Gasteiger partial charge is 0.496 e. The summed E-state index contributed by atoms with van der Waals surface area (Å²) in [5.41, 5.74) is 9.22. The SMILES string of the molecule is COc1ccc([C@@H]2N=C(N)N(C)C2C23CC4CC(CC(C4)C2)C3)cc1C. The van der Waals surface area contributed by atoms with Gasteiger partial charge in [-0.2, -0.15) is 0 Å². The highest BCUT2D eigenvalue weighted by molar-refractivity contribution is 5.81. The van der Waals surface area contributed by atoms with Crippen LogP contribution in [0.15, 0.2) is 23.2 Å². The summed E-state index contributed by atoms with van der Waals surface area (Å²) in [7, 11) is 3.90. The second-order valence-corrected chi connectivity index (χ2v) is 9.50. The van der Waals surface area contributed by atoms with E-state index in [1.165, 1.54) is 49.7 Å². The molecule has 4 saturated carbocycles. The first-order valence-electron chi connectivity index (χ1n) is 10.2. The Labute approximate surface area is 156 Å². The smallest absolute Gasteiger partial charge is 0.192 e. The number of guanidine groups is 1. The maximum absolute atomic E-state index is 6.36. The molecule has 4 fully saturated rings. The Morgan fingerprint density at radius 3 is 2.27 bits per heavy atom. The van der Waals surface area contributed by atoms with Crippen molar-refractivity contribution < 1.29 is 4.74 Å². The van der Waals surface area contributed by atoms with Crippen LogP contribution in [0.25, 0.3) is 0 Å². The van der Waals surface area contributed by atoms with Crippen LogP contribution in [-0.4, -0.2) is 31.1 Å². The second kappa shape index (κ2) is 5.64. The van der Waals surface area contributed by atoms with E-state index in [2.05, 4.69) is 37.1 Å². The number of nitrogens with zero attached hydrogens (tertiary/aromatic N) is 2. The van der Waals surface area contributed by atoms with Gasteiger partial charge in [-0.05, 0) is 85.8 Å². The molecule has 0 saturated heterocycles.